The van der Waals surface area contributed by atoms with Crippen molar-refractivity contribution >= 4 is 45.5 Å². The molecule has 11 heteroatoms. The molecule has 0 spiro atoms. The predicted octanol–water partition coefficient (Wildman–Crippen LogP) is 3.26. The van der Waals surface area contributed by atoms with Crippen molar-refractivity contribution in [2.45, 2.75) is 26.6 Å². The number of carbonyl (C=O) groups excluding carboxylic acids is 1. The number of hydroxylamine groups is 1. The van der Waals surface area contributed by atoms with Gasteiger partial charge in [-0.2, -0.15) is 0 Å². The molecule has 1 aromatic carbocycles. The van der Waals surface area contributed by atoms with Gasteiger partial charge < -0.3 is 15.2 Å². The van der Waals surface area contributed by atoms with E-state index in [-0.39, 0.29) is 36.3 Å². The predicted molar refractivity (Wildman–Crippen MR) is 120 cm³/mol. The number of aromatic nitrogens is 3. The van der Waals surface area contributed by atoms with Crippen LogP contribution in [-0.4, -0.2) is 44.4 Å². The second-order valence-corrected chi connectivity index (χ2v) is 8.74. The third-order valence-electron chi connectivity index (χ3n) is 4.11. The molecular weight excluding hydrogens is 520 g/mol. The lowest BCUT2D eigenvalue weighted by Gasteiger charge is -2.21. The molecule has 0 aliphatic rings. The SMILES string of the molecule is C[C@@H](CONC(=O)c1ncc2cncn2c1Nc1ccc(I)cc1F)COC(C)(C)O. The number of nitrogens with zero attached hydrogens (tertiary/aromatic N) is 3. The summed E-state index contributed by atoms with van der Waals surface area (Å²) in [5.41, 5.74) is 3.17. The Morgan fingerprint density at radius 3 is 2.84 bits per heavy atom. The summed E-state index contributed by atoms with van der Waals surface area (Å²) in [6.45, 7) is 5.32. The number of hydrogen-bond acceptors (Lipinski definition) is 7. The molecule has 1 atom stereocenters. The molecule has 3 rings (SSSR count). The van der Waals surface area contributed by atoms with Crippen LogP contribution in [0.25, 0.3) is 5.52 Å². The first-order valence-corrected chi connectivity index (χ1v) is 10.5. The molecule has 0 unspecified atom stereocenters. The summed E-state index contributed by atoms with van der Waals surface area (Å²) in [5, 5.41) is 12.5. The number of nitrogens with one attached hydrogen (secondary N) is 2. The minimum atomic E-state index is -1.24. The summed E-state index contributed by atoms with van der Waals surface area (Å²) in [4.78, 5) is 26.3. The highest BCUT2D eigenvalue weighted by atomic mass is 127. The second-order valence-electron chi connectivity index (χ2n) is 7.50. The summed E-state index contributed by atoms with van der Waals surface area (Å²) in [5.74, 6) is -2.16. The highest BCUT2D eigenvalue weighted by Gasteiger charge is 2.20. The maximum absolute atomic E-state index is 14.4. The number of aliphatic hydroxyl groups is 1. The fraction of sp³-hybridized carbons (Fsp3) is 0.350. The molecule has 0 aliphatic carbocycles. The molecule has 1 amide bonds. The largest absolute Gasteiger partial charge is 0.366 e. The van der Waals surface area contributed by atoms with E-state index in [1.54, 1.807) is 22.7 Å². The zero-order chi connectivity index (χ0) is 22.6. The lowest BCUT2D eigenvalue weighted by Crippen LogP contribution is -2.31. The van der Waals surface area contributed by atoms with Gasteiger partial charge in [0.05, 0.1) is 36.8 Å². The zero-order valence-electron chi connectivity index (χ0n) is 17.2. The topological polar surface area (TPSA) is 110 Å². The first kappa shape index (κ1) is 23.3. The lowest BCUT2D eigenvalue weighted by molar-refractivity contribution is -0.186. The van der Waals surface area contributed by atoms with Crippen LogP contribution in [0.15, 0.2) is 36.9 Å². The normalized spacial score (nSPS) is 12.7. The Balaban J connectivity index is 1.74. The van der Waals surface area contributed by atoms with Gasteiger partial charge in [0.25, 0.3) is 5.91 Å². The van der Waals surface area contributed by atoms with E-state index >= 15 is 0 Å². The number of anilines is 2. The fourth-order valence-corrected chi connectivity index (χ4v) is 3.04. The van der Waals surface area contributed by atoms with Gasteiger partial charge in [-0.3, -0.25) is 14.0 Å². The lowest BCUT2D eigenvalue weighted by atomic mass is 10.2. The highest BCUT2D eigenvalue weighted by Crippen LogP contribution is 2.24. The van der Waals surface area contributed by atoms with E-state index in [1.807, 2.05) is 29.5 Å². The van der Waals surface area contributed by atoms with E-state index in [1.165, 1.54) is 32.4 Å². The average Bonchev–Trinajstić information content (AvgIpc) is 3.17. The number of carbonyl (C=O) groups is 1. The van der Waals surface area contributed by atoms with Crippen LogP contribution in [-0.2, 0) is 9.57 Å². The molecule has 31 heavy (non-hydrogen) atoms. The third kappa shape index (κ3) is 6.32. The maximum Gasteiger partial charge on any atom is 0.297 e. The summed E-state index contributed by atoms with van der Waals surface area (Å²) >= 11 is 2.02. The van der Waals surface area contributed by atoms with Crippen LogP contribution in [0.4, 0.5) is 15.9 Å². The number of halogens is 2. The van der Waals surface area contributed by atoms with Gasteiger partial charge in [-0.1, -0.05) is 6.92 Å². The molecule has 0 saturated heterocycles. The molecule has 0 bridgehead atoms. The minimum absolute atomic E-state index is 0.00356. The summed E-state index contributed by atoms with van der Waals surface area (Å²) in [6, 6.07) is 4.70. The standard InChI is InChI=1S/C20H23FIN5O4/c1-12(9-30-20(2,3)29)10-31-26-19(28)17-18(27-11-23-7-14(27)8-24-17)25-16-5-4-13(22)6-15(16)21/h4-8,11-12,25,29H,9-10H2,1-3H3,(H,26,28)/t12-/m1/s1. The summed E-state index contributed by atoms with van der Waals surface area (Å²) < 4.78 is 22.0. The Bertz CT molecular complexity index is 1070. The zero-order valence-corrected chi connectivity index (χ0v) is 19.4. The molecule has 166 valence electrons. The van der Waals surface area contributed by atoms with E-state index in [9.17, 15) is 14.3 Å². The summed E-state index contributed by atoms with van der Waals surface area (Å²) in [7, 11) is 0. The van der Waals surface area contributed by atoms with Gasteiger partial charge in [-0.05, 0) is 54.6 Å². The quantitative estimate of drug-likeness (QED) is 0.216. The van der Waals surface area contributed by atoms with Gasteiger partial charge in [-0.15, -0.1) is 0 Å². The number of hydrogen-bond donors (Lipinski definition) is 3. The van der Waals surface area contributed by atoms with Crippen LogP contribution < -0.4 is 10.8 Å². The monoisotopic (exact) mass is 543 g/mol. The van der Waals surface area contributed by atoms with Crippen LogP contribution in [0, 0.1) is 15.3 Å². The van der Waals surface area contributed by atoms with Crippen LogP contribution in [0.3, 0.4) is 0 Å². The van der Waals surface area contributed by atoms with Gasteiger partial charge >= 0.3 is 0 Å². The molecule has 2 heterocycles. The van der Waals surface area contributed by atoms with Gasteiger partial charge in [0, 0.05) is 9.49 Å². The molecular formula is C20H23FIN5O4. The molecule has 3 aromatic rings. The smallest absolute Gasteiger partial charge is 0.297 e. The molecule has 3 N–H and O–H groups in total. The van der Waals surface area contributed by atoms with Gasteiger partial charge in [0.1, 0.15) is 18.0 Å². The molecule has 2 aromatic heterocycles. The third-order valence-corrected chi connectivity index (χ3v) is 4.78. The Morgan fingerprint density at radius 2 is 2.13 bits per heavy atom. The molecule has 0 radical (unpaired) electrons. The Morgan fingerprint density at radius 1 is 1.35 bits per heavy atom. The van der Waals surface area contributed by atoms with Gasteiger partial charge in [-0.25, -0.2) is 19.8 Å². The van der Waals surface area contributed by atoms with Crippen LogP contribution >= 0.6 is 22.6 Å². The van der Waals surface area contributed by atoms with Gasteiger partial charge in [0.2, 0.25) is 0 Å². The summed E-state index contributed by atoms with van der Waals surface area (Å²) in [6.07, 6.45) is 4.56. The van der Waals surface area contributed by atoms with Crippen molar-refractivity contribution < 1.29 is 23.9 Å². The Kier molecular flexibility index (Phi) is 7.41. The Hall–Kier alpha value is -2.35. The molecule has 0 saturated carbocycles. The second kappa shape index (κ2) is 9.85. The van der Waals surface area contributed by atoms with E-state index in [0.29, 0.717) is 5.52 Å². The number of rotatable bonds is 9. The van der Waals surface area contributed by atoms with E-state index in [0.717, 1.165) is 3.57 Å². The van der Waals surface area contributed by atoms with Crippen LogP contribution in [0.5, 0.6) is 0 Å². The average molecular weight is 543 g/mol. The van der Waals surface area contributed by atoms with Crippen LogP contribution in [0.1, 0.15) is 31.3 Å². The van der Waals surface area contributed by atoms with E-state index in [2.05, 4.69) is 20.8 Å². The number of benzene rings is 1. The van der Waals surface area contributed by atoms with E-state index < -0.39 is 17.5 Å². The van der Waals surface area contributed by atoms with Crippen molar-refractivity contribution in [3.63, 3.8) is 0 Å². The highest BCUT2D eigenvalue weighted by molar-refractivity contribution is 14.1. The molecule has 9 nitrogen and oxygen atoms in total. The van der Waals surface area contributed by atoms with Crippen molar-refractivity contribution in [1.82, 2.24) is 19.8 Å². The van der Waals surface area contributed by atoms with Crippen molar-refractivity contribution in [3.8, 4) is 0 Å². The first-order valence-electron chi connectivity index (χ1n) is 9.45. The maximum atomic E-state index is 14.4. The molecule has 0 aliphatic heterocycles. The van der Waals surface area contributed by atoms with Crippen molar-refractivity contribution in [3.05, 3.63) is 52.0 Å². The Labute approximate surface area is 192 Å². The molecule has 0 fully saturated rings. The number of amides is 1. The van der Waals surface area contributed by atoms with Crippen molar-refractivity contribution in [2.75, 3.05) is 18.5 Å². The van der Waals surface area contributed by atoms with Crippen LogP contribution in [0.2, 0.25) is 0 Å². The first-order chi connectivity index (χ1) is 14.6. The van der Waals surface area contributed by atoms with Crippen molar-refractivity contribution in [1.29, 1.82) is 0 Å². The van der Waals surface area contributed by atoms with E-state index in [4.69, 9.17) is 9.57 Å². The van der Waals surface area contributed by atoms with Gasteiger partial charge in [0.15, 0.2) is 11.5 Å². The van der Waals surface area contributed by atoms with Crippen molar-refractivity contribution in [2.24, 2.45) is 5.92 Å². The number of imidazole rings is 1. The fourth-order valence-electron chi connectivity index (χ4n) is 2.59. The number of fused-ring (bicyclic) bond motifs is 1. The minimum Gasteiger partial charge on any atom is -0.366 e. The number of ether oxygens (including phenoxy) is 1.